The van der Waals surface area contributed by atoms with Crippen LogP contribution in [0, 0.1) is 6.92 Å². The molecule has 0 aliphatic carbocycles. The fraction of sp³-hybridized carbons (Fsp3) is 0.533. The first kappa shape index (κ1) is 31.3. The van der Waals surface area contributed by atoms with Gasteiger partial charge in [-0.05, 0) is 72.9 Å². The number of fused-ring (bicyclic) bond motifs is 1. The number of thiophene rings is 1. The van der Waals surface area contributed by atoms with Gasteiger partial charge in [-0.15, -0.1) is 11.3 Å². The standard InChI is InChI=1S/C30H40N2O7S/c1-10-18(3)38-21(20-15-13-12-14-16-20)17-31-25-22(19(4)23(40-25)26(34)37-11-2)24(33)32(28(31)36)30(8,9)27(35)39-29(5,6)7/h12-16,18,21H,10-11,17H2,1-9H3/t18?,21-/m0/s1. The van der Waals surface area contributed by atoms with Crippen molar-refractivity contribution in [3.63, 3.8) is 0 Å². The number of ether oxygens (including phenoxy) is 3. The minimum atomic E-state index is -1.64. The van der Waals surface area contributed by atoms with Gasteiger partial charge < -0.3 is 14.2 Å². The Hall–Kier alpha value is -3.24. The maximum atomic E-state index is 14.2. The molecule has 9 nitrogen and oxygen atoms in total. The van der Waals surface area contributed by atoms with Crippen LogP contribution in [0.25, 0.3) is 10.2 Å². The van der Waals surface area contributed by atoms with Crippen molar-refractivity contribution in [1.29, 1.82) is 0 Å². The summed E-state index contributed by atoms with van der Waals surface area (Å²) in [5.41, 5.74) is -2.60. The molecule has 218 valence electrons. The predicted molar refractivity (Wildman–Crippen MR) is 156 cm³/mol. The van der Waals surface area contributed by atoms with Gasteiger partial charge in [0.1, 0.15) is 27.0 Å². The molecule has 40 heavy (non-hydrogen) atoms. The monoisotopic (exact) mass is 572 g/mol. The molecule has 2 atom stereocenters. The summed E-state index contributed by atoms with van der Waals surface area (Å²) in [4.78, 5) is 54.9. The van der Waals surface area contributed by atoms with E-state index in [1.807, 2.05) is 44.2 Å². The number of aryl methyl sites for hydroxylation is 1. The first-order valence-electron chi connectivity index (χ1n) is 13.5. The Labute approximate surface area is 238 Å². The van der Waals surface area contributed by atoms with Gasteiger partial charge in [0.25, 0.3) is 5.56 Å². The fourth-order valence-corrected chi connectivity index (χ4v) is 5.52. The SMILES string of the molecule is CCOC(=O)c1sc2c(c1C)c(=O)n(C(C)(C)C(=O)OC(C)(C)C)c(=O)n2C[C@H](OC(C)CC)c1ccccc1. The van der Waals surface area contributed by atoms with Gasteiger partial charge in [0, 0.05) is 0 Å². The molecule has 0 amide bonds. The van der Waals surface area contributed by atoms with Crippen LogP contribution in [-0.2, 0) is 31.1 Å². The maximum Gasteiger partial charge on any atom is 0.348 e. The van der Waals surface area contributed by atoms with Crippen LogP contribution in [0.2, 0.25) is 0 Å². The van der Waals surface area contributed by atoms with E-state index in [0.717, 1.165) is 27.9 Å². The Bertz CT molecular complexity index is 1490. The fourth-order valence-electron chi connectivity index (χ4n) is 4.32. The second-order valence-corrected chi connectivity index (χ2v) is 12.3. The number of aromatic nitrogens is 2. The summed E-state index contributed by atoms with van der Waals surface area (Å²) in [6, 6.07) is 9.51. The molecular formula is C30H40N2O7S. The zero-order valence-electron chi connectivity index (χ0n) is 24.8. The molecule has 0 aliphatic heterocycles. The van der Waals surface area contributed by atoms with Crippen LogP contribution in [-0.4, -0.2) is 39.4 Å². The van der Waals surface area contributed by atoms with Gasteiger partial charge in [-0.25, -0.2) is 19.0 Å². The molecule has 3 rings (SSSR count). The Kier molecular flexibility index (Phi) is 9.46. The van der Waals surface area contributed by atoms with Gasteiger partial charge in [0.2, 0.25) is 0 Å². The number of carbonyl (C=O) groups excluding carboxylic acids is 2. The van der Waals surface area contributed by atoms with Crippen LogP contribution in [0.1, 0.15) is 88.7 Å². The molecule has 1 aromatic carbocycles. The molecule has 0 saturated heterocycles. The lowest BCUT2D eigenvalue weighted by Gasteiger charge is -2.30. The number of rotatable bonds is 10. The summed E-state index contributed by atoms with van der Waals surface area (Å²) in [5.74, 6) is -1.30. The van der Waals surface area contributed by atoms with Crippen molar-refractivity contribution >= 4 is 33.5 Å². The first-order chi connectivity index (χ1) is 18.6. The smallest absolute Gasteiger partial charge is 0.348 e. The van der Waals surface area contributed by atoms with E-state index in [9.17, 15) is 19.2 Å². The van der Waals surface area contributed by atoms with Gasteiger partial charge in [0.15, 0.2) is 0 Å². The number of hydrogen-bond acceptors (Lipinski definition) is 8. The molecule has 0 fully saturated rings. The minimum Gasteiger partial charge on any atom is -0.462 e. The van der Waals surface area contributed by atoms with Crippen LogP contribution in [0.5, 0.6) is 0 Å². The summed E-state index contributed by atoms with van der Waals surface area (Å²) in [5, 5.41) is 0.180. The number of nitrogens with zero attached hydrogens (tertiary/aromatic N) is 2. The van der Waals surface area contributed by atoms with E-state index in [-0.39, 0.29) is 29.5 Å². The van der Waals surface area contributed by atoms with E-state index in [2.05, 4.69) is 0 Å². The van der Waals surface area contributed by atoms with Crippen molar-refractivity contribution in [2.24, 2.45) is 0 Å². The second-order valence-electron chi connectivity index (χ2n) is 11.3. The van der Waals surface area contributed by atoms with E-state index < -0.39 is 40.4 Å². The molecule has 0 bridgehead atoms. The molecule has 2 heterocycles. The highest BCUT2D eigenvalue weighted by Gasteiger charge is 2.39. The van der Waals surface area contributed by atoms with E-state index in [1.54, 1.807) is 34.6 Å². The molecule has 0 aliphatic rings. The molecule has 2 aromatic heterocycles. The molecule has 0 spiro atoms. The summed E-state index contributed by atoms with van der Waals surface area (Å²) >= 11 is 1.03. The highest BCUT2D eigenvalue weighted by Crippen LogP contribution is 2.31. The predicted octanol–water partition coefficient (Wildman–Crippen LogP) is 5.34. The quantitative estimate of drug-likeness (QED) is 0.302. The van der Waals surface area contributed by atoms with Crippen LogP contribution in [0.15, 0.2) is 39.9 Å². The third kappa shape index (κ3) is 6.39. The number of carbonyl (C=O) groups is 2. The minimum absolute atomic E-state index is 0.0522. The van der Waals surface area contributed by atoms with Crippen molar-refractivity contribution in [3.8, 4) is 0 Å². The van der Waals surface area contributed by atoms with E-state index >= 15 is 0 Å². The lowest BCUT2D eigenvalue weighted by molar-refractivity contribution is -0.164. The summed E-state index contributed by atoms with van der Waals surface area (Å²) in [6.45, 7) is 15.6. The highest BCUT2D eigenvalue weighted by atomic mass is 32.1. The Morgan fingerprint density at radius 3 is 2.20 bits per heavy atom. The second kappa shape index (κ2) is 12.1. The van der Waals surface area contributed by atoms with Gasteiger partial charge in [-0.2, -0.15) is 0 Å². The summed E-state index contributed by atoms with van der Waals surface area (Å²) in [7, 11) is 0. The summed E-state index contributed by atoms with van der Waals surface area (Å²) in [6.07, 6.45) is 0.103. The van der Waals surface area contributed by atoms with E-state index in [1.165, 1.54) is 18.4 Å². The number of benzene rings is 1. The maximum absolute atomic E-state index is 14.2. The van der Waals surface area contributed by atoms with Crippen molar-refractivity contribution in [2.45, 2.75) is 98.6 Å². The van der Waals surface area contributed by atoms with Gasteiger partial charge >= 0.3 is 17.6 Å². The summed E-state index contributed by atoms with van der Waals surface area (Å²) < 4.78 is 19.6. The van der Waals surface area contributed by atoms with Crippen molar-refractivity contribution in [1.82, 2.24) is 9.13 Å². The number of esters is 2. The average molecular weight is 573 g/mol. The molecule has 3 aromatic rings. The zero-order chi connectivity index (χ0) is 30.0. The van der Waals surface area contributed by atoms with Crippen LogP contribution in [0.3, 0.4) is 0 Å². The lowest BCUT2D eigenvalue weighted by atomic mass is 10.0. The van der Waals surface area contributed by atoms with Crippen LogP contribution < -0.4 is 11.2 Å². The Balaban J connectivity index is 2.37. The van der Waals surface area contributed by atoms with Crippen molar-refractivity contribution < 1.29 is 23.8 Å². The Morgan fingerprint density at radius 1 is 1.02 bits per heavy atom. The molecule has 0 saturated carbocycles. The third-order valence-corrected chi connectivity index (χ3v) is 7.92. The molecule has 10 heteroatoms. The topological polar surface area (TPSA) is 106 Å². The molecule has 1 unspecified atom stereocenters. The normalized spacial score (nSPS) is 13.7. The highest BCUT2D eigenvalue weighted by molar-refractivity contribution is 7.20. The van der Waals surface area contributed by atoms with Crippen LogP contribution >= 0.6 is 11.3 Å². The van der Waals surface area contributed by atoms with Gasteiger partial charge in [-0.1, -0.05) is 37.3 Å². The van der Waals surface area contributed by atoms with Crippen molar-refractivity contribution in [3.05, 3.63) is 67.2 Å². The first-order valence-corrected chi connectivity index (χ1v) is 14.4. The largest absolute Gasteiger partial charge is 0.462 e. The van der Waals surface area contributed by atoms with E-state index in [0.29, 0.717) is 10.4 Å². The molecular weight excluding hydrogens is 532 g/mol. The van der Waals surface area contributed by atoms with Crippen LogP contribution in [0.4, 0.5) is 0 Å². The third-order valence-electron chi connectivity index (χ3n) is 6.62. The average Bonchev–Trinajstić information content (AvgIpc) is 3.22. The Morgan fingerprint density at radius 2 is 1.65 bits per heavy atom. The van der Waals surface area contributed by atoms with Gasteiger partial charge in [-0.3, -0.25) is 9.36 Å². The lowest BCUT2D eigenvalue weighted by Crippen LogP contribution is -2.54. The van der Waals surface area contributed by atoms with E-state index in [4.69, 9.17) is 14.2 Å². The zero-order valence-corrected chi connectivity index (χ0v) is 25.6. The number of hydrogen-bond donors (Lipinski definition) is 0. The van der Waals surface area contributed by atoms with Crippen molar-refractivity contribution in [2.75, 3.05) is 6.61 Å². The van der Waals surface area contributed by atoms with Gasteiger partial charge in [0.05, 0.1) is 24.6 Å². The molecule has 0 N–H and O–H groups in total. The molecule has 0 radical (unpaired) electrons.